The molecule has 0 radical (unpaired) electrons. The summed E-state index contributed by atoms with van der Waals surface area (Å²) in [6, 6.07) is 8.51. The summed E-state index contributed by atoms with van der Waals surface area (Å²) >= 11 is -2.04. The molecule has 0 saturated carbocycles. The van der Waals surface area contributed by atoms with Gasteiger partial charge >= 0.3 is 88.9 Å². The Balaban J connectivity index is 2.80. The van der Waals surface area contributed by atoms with Gasteiger partial charge in [0.2, 0.25) is 0 Å². The number of fused-ring (bicyclic) bond motifs is 1. The molecule has 0 aliphatic heterocycles. The Morgan fingerprint density at radius 3 is 2.43 bits per heavy atom. The number of hydrogen-bond donors (Lipinski definition) is 0. The van der Waals surface area contributed by atoms with Gasteiger partial charge in [-0.05, 0) is 0 Å². The first-order valence-electron chi connectivity index (χ1n) is 4.92. The maximum atomic E-state index is 4.67. The van der Waals surface area contributed by atoms with Crippen molar-refractivity contribution in [2.75, 3.05) is 0 Å². The fourth-order valence-corrected chi connectivity index (χ4v) is 5.96. The molecule has 2 aromatic rings. The molecule has 0 aliphatic rings. The molecule has 1 aromatic carbocycles. The number of hydrogen-bond acceptors (Lipinski definition) is 1. The van der Waals surface area contributed by atoms with Crippen LogP contribution in [0.3, 0.4) is 0 Å². The zero-order valence-corrected chi connectivity index (χ0v) is 12.1. The van der Waals surface area contributed by atoms with Crippen molar-refractivity contribution in [1.82, 2.24) is 9.78 Å². The third kappa shape index (κ3) is 1.56. The summed E-state index contributed by atoms with van der Waals surface area (Å²) in [5.74, 6) is 0. The van der Waals surface area contributed by atoms with Crippen molar-refractivity contribution in [1.29, 1.82) is 0 Å². The second-order valence-corrected chi connectivity index (χ2v) is 18.9. The number of para-hydroxylation sites is 1. The molecule has 2 nitrogen and oxygen atoms in total. The van der Waals surface area contributed by atoms with E-state index in [1.54, 1.807) is 0 Å². The molecular weight excluding hydrogens is 279 g/mol. The third-order valence-electron chi connectivity index (χ3n) is 2.47. The van der Waals surface area contributed by atoms with Crippen molar-refractivity contribution < 1.29 is 0 Å². The van der Waals surface area contributed by atoms with Gasteiger partial charge < -0.3 is 0 Å². The van der Waals surface area contributed by atoms with E-state index < -0.39 is 18.4 Å². The molecule has 0 amide bonds. The Morgan fingerprint density at radius 1 is 1.14 bits per heavy atom. The van der Waals surface area contributed by atoms with Crippen LogP contribution in [0.4, 0.5) is 0 Å². The summed E-state index contributed by atoms with van der Waals surface area (Å²) in [5, 5.41) is 6.03. The van der Waals surface area contributed by atoms with Crippen LogP contribution in [0.1, 0.15) is 0 Å². The molecule has 1 heterocycles. The van der Waals surface area contributed by atoms with Crippen molar-refractivity contribution in [2.45, 2.75) is 14.8 Å². The molecule has 0 unspecified atom stereocenters. The minimum atomic E-state index is -2.04. The number of nitrogens with zero attached hydrogens (tertiary/aromatic N) is 2. The Bertz CT molecular complexity index is 466. The number of aromatic nitrogens is 2. The van der Waals surface area contributed by atoms with E-state index in [1.807, 2.05) is 11.7 Å². The summed E-state index contributed by atoms with van der Waals surface area (Å²) < 4.78 is 3.39. The number of aryl methyl sites for hydroxylation is 1. The minimum absolute atomic E-state index is 1.26. The monoisotopic (exact) mass is 296 g/mol. The molecule has 0 fully saturated rings. The van der Waals surface area contributed by atoms with E-state index in [4.69, 9.17) is 0 Å². The predicted octanol–water partition coefficient (Wildman–Crippen LogP) is 2.12. The third-order valence-corrected chi connectivity index (χ3v) is 7.58. The zero-order valence-electron chi connectivity index (χ0n) is 9.20. The van der Waals surface area contributed by atoms with Gasteiger partial charge in [0.1, 0.15) is 0 Å². The summed E-state index contributed by atoms with van der Waals surface area (Å²) in [7, 11) is 2.03. The first kappa shape index (κ1) is 10.0. The molecular formula is C11H16N2Sn. The molecule has 3 heteroatoms. The van der Waals surface area contributed by atoms with E-state index in [1.165, 1.54) is 14.6 Å². The van der Waals surface area contributed by atoms with E-state index in [0.717, 1.165) is 0 Å². The van der Waals surface area contributed by atoms with Crippen LogP contribution >= 0.6 is 0 Å². The average Bonchev–Trinajstić information content (AvgIpc) is 2.44. The fraction of sp³-hybridized carbons (Fsp3) is 0.364. The van der Waals surface area contributed by atoms with Crippen molar-refractivity contribution in [3.05, 3.63) is 24.3 Å². The van der Waals surface area contributed by atoms with Gasteiger partial charge in [-0.25, -0.2) is 0 Å². The van der Waals surface area contributed by atoms with Gasteiger partial charge in [0.15, 0.2) is 0 Å². The van der Waals surface area contributed by atoms with E-state index >= 15 is 0 Å². The number of benzene rings is 1. The van der Waals surface area contributed by atoms with Crippen LogP contribution in [0.5, 0.6) is 0 Å². The molecule has 0 spiro atoms. The van der Waals surface area contributed by atoms with E-state index in [-0.39, 0.29) is 0 Å². The van der Waals surface area contributed by atoms with Crippen LogP contribution < -0.4 is 3.71 Å². The average molecular weight is 295 g/mol. The van der Waals surface area contributed by atoms with Crippen molar-refractivity contribution in [2.24, 2.45) is 7.05 Å². The van der Waals surface area contributed by atoms with Crippen LogP contribution in [0.15, 0.2) is 24.3 Å². The normalized spacial score (nSPS) is 12.3. The molecule has 2 rings (SSSR count). The van der Waals surface area contributed by atoms with Crippen LogP contribution in [0.25, 0.3) is 10.9 Å². The van der Waals surface area contributed by atoms with Gasteiger partial charge in [0, 0.05) is 0 Å². The molecule has 0 bridgehead atoms. The van der Waals surface area contributed by atoms with Crippen LogP contribution in [-0.4, -0.2) is 28.2 Å². The Kier molecular flexibility index (Phi) is 2.33. The molecule has 0 aliphatic carbocycles. The molecule has 0 N–H and O–H groups in total. The first-order chi connectivity index (χ1) is 6.50. The van der Waals surface area contributed by atoms with Gasteiger partial charge in [-0.2, -0.15) is 0 Å². The molecule has 14 heavy (non-hydrogen) atoms. The van der Waals surface area contributed by atoms with Crippen molar-refractivity contribution >= 4 is 33.0 Å². The SMILES string of the molecule is Cn1n[c]([Sn]([CH3])([CH3])[CH3])c2ccccc21. The van der Waals surface area contributed by atoms with Gasteiger partial charge in [0.05, 0.1) is 0 Å². The second kappa shape index (κ2) is 3.26. The topological polar surface area (TPSA) is 17.8 Å². The van der Waals surface area contributed by atoms with Crippen molar-refractivity contribution in [3.8, 4) is 0 Å². The second-order valence-electron chi connectivity index (χ2n) is 4.74. The van der Waals surface area contributed by atoms with Gasteiger partial charge in [-0.1, -0.05) is 0 Å². The first-order valence-corrected chi connectivity index (χ1v) is 14.9. The zero-order chi connectivity index (χ0) is 10.3. The summed E-state index contributed by atoms with van der Waals surface area (Å²) in [4.78, 5) is 7.22. The Labute approximate surface area is 88.8 Å². The van der Waals surface area contributed by atoms with Crippen LogP contribution in [-0.2, 0) is 7.05 Å². The summed E-state index contributed by atoms with van der Waals surface area (Å²) in [5.41, 5.74) is 1.26. The fourth-order valence-electron chi connectivity index (χ4n) is 1.77. The standard InChI is InChI=1S/C8H7N2.3CH3.Sn/c1-10-8-5-3-2-4-7(8)6-9-10;;;;/h2-5H,1H3;3*1H3;. The van der Waals surface area contributed by atoms with Crippen LogP contribution in [0.2, 0.25) is 14.8 Å². The van der Waals surface area contributed by atoms with E-state index in [2.05, 4.69) is 44.2 Å². The Morgan fingerprint density at radius 2 is 1.79 bits per heavy atom. The van der Waals surface area contributed by atoms with E-state index in [0.29, 0.717) is 0 Å². The van der Waals surface area contributed by atoms with E-state index in [9.17, 15) is 0 Å². The molecule has 74 valence electrons. The molecule has 0 atom stereocenters. The maximum absolute atomic E-state index is 4.67. The quantitative estimate of drug-likeness (QED) is 0.737. The van der Waals surface area contributed by atoms with Gasteiger partial charge in [-0.3, -0.25) is 0 Å². The molecule has 1 aromatic heterocycles. The van der Waals surface area contributed by atoms with Gasteiger partial charge in [-0.15, -0.1) is 0 Å². The summed E-state index contributed by atoms with van der Waals surface area (Å²) in [6.07, 6.45) is 0. The number of rotatable bonds is 1. The van der Waals surface area contributed by atoms with Crippen molar-refractivity contribution in [3.63, 3.8) is 0 Å². The van der Waals surface area contributed by atoms with Gasteiger partial charge in [0.25, 0.3) is 0 Å². The Hall–Kier alpha value is -0.511. The van der Waals surface area contributed by atoms with Crippen LogP contribution in [0, 0.1) is 0 Å². The predicted molar refractivity (Wildman–Crippen MR) is 63.7 cm³/mol. The molecule has 0 saturated heterocycles. The summed E-state index contributed by atoms with van der Waals surface area (Å²) in [6.45, 7) is 0.